The lowest BCUT2D eigenvalue weighted by Gasteiger charge is -2.21. The van der Waals surface area contributed by atoms with Crippen molar-refractivity contribution in [1.29, 1.82) is 0 Å². The average Bonchev–Trinajstić information content (AvgIpc) is 3.52. The van der Waals surface area contributed by atoms with Gasteiger partial charge in [-0.1, -0.05) is 267 Å². The Balaban J connectivity index is 5.22. The van der Waals surface area contributed by atoms with Gasteiger partial charge in [-0.15, -0.1) is 0 Å². The standard InChI is InChI=1S/C66H128O17P2/c1-9-59(8)45-37-29-23-25-33-41-49-66(71)83-62(52-76-63(68)46-38-30-21-17-19-27-35-43-57(4)5)55-81-85(74,75)79-51-60(67)50-78-84(72,73)80-54-61(53-77-64(69)47-39-31-24-22-28-36-44-58(6)7)82-65(70)48-40-32-20-16-14-12-10-11-13-15-18-26-34-42-56(2)3/h56-62,67H,9-55H2,1-8H3,(H,72,73)(H,74,75)/t59?,60?,61-,62-/m1/s1. The number of aliphatic hydroxyl groups excluding tert-OH is 1. The summed E-state index contributed by atoms with van der Waals surface area (Å²) in [5.74, 6) is 0.751. The number of ether oxygens (including phenoxy) is 4. The Morgan fingerprint density at radius 3 is 0.835 bits per heavy atom. The van der Waals surface area contributed by atoms with Gasteiger partial charge in [0.15, 0.2) is 12.2 Å². The van der Waals surface area contributed by atoms with Crippen LogP contribution in [0.5, 0.6) is 0 Å². The molecule has 17 nitrogen and oxygen atoms in total. The molecule has 0 rings (SSSR count). The SMILES string of the molecule is CCC(C)CCCCCCCCC(=O)O[C@H](COC(=O)CCCCCCCCCC(C)C)COP(=O)(O)OCC(O)COP(=O)(O)OC[C@@H](COC(=O)CCCCCCCCC(C)C)OC(=O)CCCCCCCCCCCCCCCC(C)C. The molecule has 0 aliphatic heterocycles. The third-order valence-corrected chi connectivity index (χ3v) is 17.3. The van der Waals surface area contributed by atoms with Crippen molar-refractivity contribution in [1.82, 2.24) is 0 Å². The summed E-state index contributed by atoms with van der Waals surface area (Å²) in [6.07, 6.45) is 36.5. The molecule has 4 unspecified atom stereocenters. The van der Waals surface area contributed by atoms with Crippen LogP contribution in [0.15, 0.2) is 0 Å². The Morgan fingerprint density at radius 2 is 0.565 bits per heavy atom. The van der Waals surface area contributed by atoms with Gasteiger partial charge in [0.05, 0.1) is 26.4 Å². The molecule has 0 spiro atoms. The third-order valence-electron chi connectivity index (χ3n) is 15.4. The zero-order chi connectivity index (χ0) is 63.2. The van der Waals surface area contributed by atoms with Gasteiger partial charge in [0.25, 0.3) is 0 Å². The molecule has 504 valence electrons. The Bertz CT molecular complexity index is 1700. The lowest BCUT2D eigenvalue weighted by Crippen LogP contribution is -2.30. The molecular formula is C66H128O17P2. The van der Waals surface area contributed by atoms with Crippen molar-refractivity contribution in [3.05, 3.63) is 0 Å². The Morgan fingerprint density at radius 1 is 0.329 bits per heavy atom. The van der Waals surface area contributed by atoms with E-state index in [0.717, 1.165) is 115 Å². The molecular weight excluding hydrogens is 1130 g/mol. The first-order valence-electron chi connectivity index (χ1n) is 34.2. The van der Waals surface area contributed by atoms with Crippen LogP contribution in [-0.4, -0.2) is 96.7 Å². The van der Waals surface area contributed by atoms with E-state index < -0.39 is 97.5 Å². The molecule has 0 aromatic carbocycles. The van der Waals surface area contributed by atoms with Crippen molar-refractivity contribution in [3.63, 3.8) is 0 Å². The number of hydrogen-bond acceptors (Lipinski definition) is 15. The van der Waals surface area contributed by atoms with Gasteiger partial charge in [-0.3, -0.25) is 37.3 Å². The van der Waals surface area contributed by atoms with Crippen LogP contribution in [0.25, 0.3) is 0 Å². The smallest absolute Gasteiger partial charge is 0.462 e. The van der Waals surface area contributed by atoms with Gasteiger partial charge in [0.2, 0.25) is 0 Å². The molecule has 0 amide bonds. The number of carbonyl (C=O) groups is 4. The van der Waals surface area contributed by atoms with E-state index >= 15 is 0 Å². The molecule has 0 bridgehead atoms. The summed E-state index contributed by atoms with van der Waals surface area (Å²) in [6, 6.07) is 0. The second-order valence-corrected chi connectivity index (χ2v) is 28.4. The fourth-order valence-electron chi connectivity index (χ4n) is 9.75. The van der Waals surface area contributed by atoms with Gasteiger partial charge < -0.3 is 33.8 Å². The molecule has 0 fully saturated rings. The first kappa shape index (κ1) is 83.1. The van der Waals surface area contributed by atoms with Gasteiger partial charge >= 0.3 is 39.5 Å². The molecule has 85 heavy (non-hydrogen) atoms. The minimum absolute atomic E-state index is 0.101. The lowest BCUT2D eigenvalue weighted by molar-refractivity contribution is -0.161. The molecule has 0 aromatic rings. The third kappa shape index (κ3) is 59.5. The maximum absolute atomic E-state index is 13.0. The summed E-state index contributed by atoms with van der Waals surface area (Å²) >= 11 is 0. The van der Waals surface area contributed by atoms with Crippen LogP contribution in [0.2, 0.25) is 0 Å². The molecule has 0 aliphatic rings. The number of phosphoric acid groups is 2. The van der Waals surface area contributed by atoms with Crippen molar-refractivity contribution in [2.45, 2.75) is 337 Å². The van der Waals surface area contributed by atoms with Crippen molar-refractivity contribution in [2.24, 2.45) is 23.7 Å². The highest BCUT2D eigenvalue weighted by Crippen LogP contribution is 2.45. The Hall–Kier alpha value is -1.94. The molecule has 0 aromatic heterocycles. The predicted molar refractivity (Wildman–Crippen MR) is 340 cm³/mol. The van der Waals surface area contributed by atoms with Crippen LogP contribution in [0.1, 0.15) is 319 Å². The molecule has 0 heterocycles. The normalized spacial score (nSPS) is 14.7. The minimum atomic E-state index is -4.95. The van der Waals surface area contributed by atoms with Crippen LogP contribution >= 0.6 is 15.6 Å². The fourth-order valence-corrected chi connectivity index (χ4v) is 11.3. The van der Waals surface area contributed by atoms with Crippen LogP contribution < -0.4 is 0 Å². The first-order valence-corrected chi connectivity index (χ1v) is 37.2. The highest BCUT2D eigenvalue weighted by atomic mass is 31.2. The lowest BCUT2D eigenvalue weighted by atomic mass is 10.00. The summed E-state index contributed by atoms with van der Waals surface area (Å²) in [4.78, 5) is 72.3. The molecule has 6 atom stereocenters. The maximum Gasteiger partial charge on any atom is 0.472 e. The fraction of sp³-hybridized carbons (Fsp3) is 0.939. The van der Waals surface area contributed by atoms with Crippen molar-refractivity contribution < 1.29 is 80.2 Å². The van der Waals surface area contributed by atoms with E-state index in [9.17, 15) is 43.2 Å². The second-order valence-electron chi connectivity index (χ2n) is 25.5. The summed E-state index contributed by atoms with van der Waals surface area (Å²) in [5, 5.41) is 10.5. The number of esters is 4. The maximum atomic E-state index is 13.0. The van der Waals surface area contributed by atoms with Gasteiger partial charge in [0, 0.05) is 25.7 Å². The molecule has 19 heteroatoms. The van der Waals surface area contributed by atoms with Crippen molar-refractivity contribution in [2.75, 3.05) is 39.6 Å². The van der Waals surface area contributed by atoms with E-state index in [2.05, 4.69) is 55.4 Å². The van der Waals surface area contributed by atoms with Crippen LogP contribution in [-0.2, 0) is 65.4 Å². The number of rotatable bonds is 63. The molecule has 0 aliphatic carbocycles. The number of phosphoric ester groups is 2. The van der Waals surface area contributed by atoms with Gasteiger partial charge in [-0.05, 0) is 49.4 Å². The quantitative estimate of drug-likeness (QED) is 0.0222. The minimum Gasteiger partial charge on any atom is -0.462 e. The van der Waals surface area contributed by atoms with Crippen LogP contribution in [0.4, 0.5) is 0 Å². The van der Waals surface area contributed by atoms with Crippen LogP contribution in [0, 0.1) is 23.7 Å². The number of carbonyl (C=O) groups excluding carboxylic acids is 4. The van der Waals surface area contributed by atoms with Crippen molar-refractivity contribution in [3.8, 4) is 0 Å². The van der Waals surface area contributed by atoms with Crippen molar-refractivity contribution >= 4 is 39.5 Å². The van der Waals surface area contributed by atoms with E-state index in [1.54, 1.807) is 0 Å². The molecule has 0 radical (unpaired) electrons. The highest BCUT2D eigenvalue weighted by Gasteiger charge is 2.30. The zero-order valence-corrected chi connectivity index (χ0v) is 57.0. The summed E-state index contributed by atoms with van der Waals surface area (Å²) in [5.41, 5.74) is 0. The zero-order valence-electron chi connectivity index (χ0n) is 55.2. The van der Waals surface area contributed by atoms with Gasteiger partial charge in [-0.25, -0.2) is 9.13 Å². The van der Waals surface area contributed by atoms with E-state index in [1.807, 2.05) is 0 Å². The first-order chi connectivity index (χ1) is 40.6. The monoisotopic (exact) mass is 1250 g/mol. The predicted octanol–water partition coefficient (Wildman–Crippen LogP) is 18.1. The molecule has 3 N–H and O–H groups in total. The Labute approximate surface area is 517 Å². The molecule has 0 saturated carbocycles. The topological polar surface area (TPSA) is 237 Å². The number of aliphatic hydroxyl groups is 1. The van der Waals surface area contributed by atoms with E-state index in [4.69, 9.17) is 37.0 Å². The highest BCUT2D eigenvalue weighted by molar-refractivity contribution is 7.47. The van der Waals surface area contributed by atoms with Crippen LogP contribution in [0.3, 0.4) is 0 Å². The number of hydrogen-bond donors (Lipinski definition) is 3. The largest absolute Gasteiger partial charge is 0.472 e. The van der Waals surface area contributed by atoms with E-state index in [0.29, 0.717) is 37.5 Å². The summed E-state index contributed by atoms with van der Waals surface area (Å²) < 4.78 is 68.0. The number of unbranched alkanes of at least 4 members (excludes halogenated alkanes) is 28. The van der Waals surface area contributed by atoms with E-state index in [1.165, 1.54) is 109 Å². The van der Waals surface area contributed by atoms with Gasteiger partial charge in [-0.2, -0.15) is 0 Å². The van der Waals surface area contributed by atoms with Gasteiger partial charge in [0.1, 0.15) is 19.3 Å². The average molecular weight is 1260 g/mol. The van der Waals surface area contributed by atoms with E-state index in [-0.39, 0.29) is 25.7 Å². The summed E-state index contributed by atoms with van der Waals surface area (Å²) in [7, 11) is -9.89. The Kier molecular flexibility index (Phi) is 54.8. The second kappa shape index (κ2) is 56.1. The summed E-state index contributed by atoms with van der Waals surface area (Å²) in [6.45, 7) is 13.9. The molecule has 0 saturated heterocycles.